The monoisotopic (exact) mass is 360 g/mol. The summed E-state index contributed by atoms with van der Waals surface area (Å²) in [5.74, 6) is -4.24. The number of aliphatic hydroxyl groups excluding tert-OH is 3. The maximum atomic E-state index is 14.2. The molecule has 9 nitrogen and oxygen atoms in total. The number of halogens is 1. The van der Waals surface area contributed by atoms with E-state index in [1.54, 1.807) is 13.8 Å². The van der Waals surface area contributed by atoms with Gasteiger partial charge in [0.1, 0.15) is 18.8 Å². The van der Waals surface area contributed by atoms with E-state index < -0.39 is 54.0 Å². The summed E-state index contributed by atoms with van der Waals surface area (Å²) in [6.07, 6.45) is -3.94. The topological polar surface area (TPSA) is 131 Å². The lowest BCUT2D eigenvalue weighted by Gasteiger charge is -2.20. The Morgan fingerprint density at radius 3 is 2.44 bits per heavy atom. The number of carbonyl (C=O) groups excluding carboxylic acids is 1. The minimum absolute atomic E-state index is 0.400. The molecule has 0 spiro atoms. The van der Waals surface area contributed by atoms with Gasteiger partial charge in [0.05, 0.1) is 0 Å². The van der Waals surface area contributed by atoms with Gasteiger partial charge in [-0.25, -0.2) is 9.18 Å². The van der Waals surface area contributed by atoms with Gasteiger partial charge < -0.3 is 20.1 Å². The lowest BCUT2D eigenvalue weighted by molar-refractivity contribution is -0.207. The second-order valence-electron chi connectivity index (χ2n) is 5.92. The molecule has 140 valence electrons. The van der Waals surface area contributed by atoms with Crippen molar-refractivity contribution in [1.82, 2.24) is 9.13 Å². The highest BCUT2D eigenvalue weighted by atomic mass is 19.2. The standard InChI is InChI=1S/C15H21FN2O7/c1-3-8(4-2)12(23)18-9(20)5-6-17(14(18)24)13-10(21)11(22)15(16,7-19)25-13/h5-6,8,10-11,13,19,21-22H,3-4,7H2,1-2H3/t10-,11+,13-,15-/m1/s1. The second-order valence-corrected chi connectivity index (χ2v) is 5.92. The number of nitrogens with zero attached hydrogens (tertiary/aromatic N) is 2. The summed E-state index contributed by atoms with van der Waals surface area (Å²) in [7, 11) is 0. The van der Waals surface area contributed by atoms with E-state index in [0.29, 0.717) is 22.0 Å². The van der Waals surface area contributed by atoms with Crippen LogP contribution in [0.3, 0.4) is 0 Å². The first-order valence-corrected chi connectivity index (χ1v) is 7.93. The van der Waals surface area contributed by atoms with E-state index in [2.05, 4.69) is 0 Å². The molecule has 1 fully saturated rings. The van der Waals surface area contributed by atoms with Gasteiger partial charge in [-0.05, 0) is 12.8 Å². The Bertz CT molecular complexity index is 757. The predicted molar refractivity (Wildman–Crippen MR) is 82.7 cm³/mol. The number of carbonyl (C=O) groups is 1. The molecule has 0 aromatic carbocycles. The van der Waals surface area contributed by atoms with Crippen molar-refractivity contribution < 1.29 is 29.2 Å². The summed E-state index contributed by atoms with van der Waals surface area (Å²) >= 11 is 0. The Labute approximate surface area is 141 Å². The summed E-state index contributed by atoms with van der Waals surface area (Å²) < 4.78 is 20.0. The van der Waals surface area contributed by atoms with Crippen LogP contribution in [-0.2, 0) is 4.74 Å². The molecule has 1 aliphatic heterocycles. The van der Waals surface area contributed by atoms with Crippen molar-refractivity contribution in [2.24, 2.45) is 5.92 Å². The van der Waals surface area contributed by atoms with Crippen LogP contribution in [0.2, 0.25) is 0 Å². The van der Waals surface area contributed by atoms with Crippen LogP contribution in [0.4, 0.5) is 4.39 Å². The number of rotatable bonds is 5. The lowest BCUT2D eigenvalue weighted by Crippen LogP contribution is -2.47. The average Bonchev–Trinajstić information content (AvgIpc) is 2.81. The molecule has 1 saturated heterocycles. The molecule has 0 aliphatic carbocycles. The number of hydrogen-bond acceptors (Lipinski definition) is 7. The molecule has 4 atom stereocenters. The van der Waals surface area contributed by atoms with Crippen LogP contribution in [0.25, 0.3) is 0 Å². The van der Waals surface area contributed by atoms with Crippen LogP contribution in [0.5, 0.6) is 0 Å². The average molecular weight is 360 g/mol. The van der Waals surface area contributed by atoms with Crippen LogP contribution in [-0.4, -0.2) is 55.0 Å². The first-order chi connectivity index (χ1) is 11.7. The highest BCUT2D eigenvalue weighted by Gasteiger charge is 2.56. The molecule has 2 rings (SSSR count). The van der Waals surface area contributed by atoms with Gasteiger partial charge in [-0.1, -0.05) is 13.8 Å². The van der Waals surface area contributed by atoms with Gasteiger partial charge in [0.2, 0.25) is 5.91 Å². The fourth-order valence-electron chi connectivity index (χ4n) is 2.81. The number of aliphatic hydroxyl groups is 3. The summed E-state index contributed by atoms with van der Waals surface area (Å²) in [5, 5.41) is 28.6. The van der Waals surface area contributed by atoms with Crippen LogP contribution in [0.1, 0.15) is 37.7 Å². The minimum Gasteiger partial charge on any atom is -0.390 e. The van der Waals surface area contributed by atoms with Crippen LogP contribution >= 0.6 is 0 Å². The Morgan fingerprint density at radius 1 is 1.36 bits per heavy atom. The Balaban J connectivity index is 2.52. The van der Waals surface area contributed by atoms with E-state index in [9.17, 15) is 29.0 Å². The van der Waals surface area contributed by atoms with E-state index in [1.165, 1.54) is 0 Å². The predicted octanol–water partition coefficient (Wildman–Crippen LogP) is -1.00. The summed E-state index contributed by atoms with van der Waals surface area (Å²) in [5.41, 5.74) is -1.98. The van der Waals surface area contributed by atoms with Gasteiger partial charge in [-0.15, -0.1) is 0 Å². The first kappa shape index (κ1) is 19.4. The molecule has 0 saturated carbocycles. The third-order valence-electron chi connectivity index (χ3n) is 4.43. The van der Waals surface area contributed by atoms with Crippen molar-refractivity contribution in [2.45, 2.75) is 51.0 Å². The van der Waals surface area contributed by atoms with Gasteiger partial charge in [0, 0.05) is 18.2 Å². The van der Waals surface area contributed by atoms with Gasteiger partial charge in [-0.3, -0.25) is 14.2 Å². The van der Waals surface area contributed by atoms with Gasteiger partial charge in [-0.2, -0.15) is 4.57 Å². The highest BCUT2D eigenvalue weighted by Crippen LogP contribution is 2.37. The van der Waals surface area contributed by atoms with Crippen LogP contribution in [0.15, 0.2) is 21.9 Å². The summed E-state index contributed by atoms with van der Waals surface area (Å²) in [6.45, 7) is 2.22. The van der Waals surface area contributed by atoms with Crippen molar-refractivity contribution in [2.75, 3.05) is 6.61 Å². The van der Waals surface area contributed by atoms with E-state index in [-0.39, 0.29) is 0 Å². The van der Waals surface area contributed by atoms with Crippen LogP contribution in [0, 0.1) is 5.92 Å². The van der Waals surface area contributed by atoms with Gasteiger partial charge in [0.15, 0.2) is 6.23 Å². The van der Waals surface area contributed by atoms with Crippen molar-refractivity contribution in [1.29, 1.82) is 0 Å². The lowest BCUT2D eigenvalue weighted by atomic mass is 10.0. The van der Waals surface area contributed by atoms with E-state index in [0.717, 1.165) is 12.3 Å². The SMILES string of the molecule is CCC(CC)C(=O)n1c(=O)ccn([C@@H]2O[C@](F)(CO)[C@@H](O)[C@H]2O)c1=O. The largest absolute Gasteiger partial charge is 0.390 e. The van der Waals surface area contributed by atoms with Crippen molar-refractivity contribution >= 4 is 5.91 Å². The van der Waals surface area contributed by atoms with E-state index in [4.69, 9.17) is 9.84 Å². The second kappa shape index (κ2) is 7.16. The Hall–Kier alpha value is -1.88. The zero-order chi connectivity index (χ0) is 18.9. The fraction of sp³-hybridized carbons (Fsp3) is 0.667. The molecule has 1 aromatic rings. The minimum atomic E-state index is -2.97. The summed E-state index contributed by atoms with van der Waals surface area (Å²) in [4.78, 5) is 37.0. The number of ether oxygens (including phenoxy) is 1. The van der Waals surface area contributed by atoms with Gasteiger partial charge in [0.25, 0.3) is 11.4 Å². The van der Waals surface area contributed by atoms with Gasteiger partial charge >= 0.3 is 5.69 Å². The van der Waals surface area contributed by atoms with Crippen molar-refractivity contribution in [3.05, 3.63) is 33.1 Å². The quantitative estimate of drug-likeness (QED) is 0.613. The summed E-state index contributed by atoms with van der Waals surface area (Å²) in [6, 6.07) is 0.904. The van der Waals surface area contributed by atoms with E-state index in [1.807, 2.05) is 0 Å². The molecule has 2 heterocycles. The Morgan fingerprint density at radius 2 is 1.96 bits per heavy atom. The molecule has 1 aromatic heterocycles. The number of hydrogen-bond donors (Lipinski definition) is 3. The molecule has 1 aliphatic rings. The van der Waals surface area contributed by atoms with Crippen molar-refractivity contribution in [3.63, 3.8) is 0 Å². The van der Waals surface area contributed by atoms with Crippen LogP contribution < -0.4 is 11.2 Å². The molecule has 0 amide bonds. The normalized spacial score (nSPS) is 29.3. The van der Waals surface area contributed by atoms with E-state index >= 15 is 0 Å². The molecular weight excluding hydrogens is 339 g/mol. The zero-order valence-electron chi connectivity index (χ0n) is 13.8. The molecule has 10 heteroatoms. The zero-order valence-corrected chi connectivity index (χ0v) is 13.8. The Kier molecular flexibility index (Phi) is 5.57. The number of alkyl halides is 1. The molecule has 3 N–H and O–H groups in total. The molecule has 25 heavy (non-hydrogen) atoms. The molecular formula is C15H21FN2O7. The fourth-order valence-corrected chi connectivity index (χ4v) is 2.81. The third-order valence-corrected chi connectivity index (χ3v) is 4.43. The van der Waals surface area contributed by atoms with Crippen molar-refractivity contribution in [3.8, 4) is 0 Å². The number of aromatic nitrogens is 2. The highest BCUT2D eigenvalue weighted by molar-refractivity contribution is 5.80. The smallest absolute Gasteiger partial charge is 0.340 e. The maximum Gasteiger partial charge on any atom is 0.340 e. The third kappa shape index (κ3) is 3.17. The molecule has 0 bridgehead atoms. The molecule has 0 unspecified atom stereocenters. The molecule has 0 radical (unpaired) electrons. The maximum absolute atomic E-state index is 14.2. The first-order valence-electron chi connectivity index (χ1n) is 7.93.